The van der Waals surface area contributed by atoms with Crippen molar-refractivity contribution in [2.24, 2.45) is 0 Å². The number of hydrogen-bond donors (Lipinski definition) is 0. The van der Waals surface area contributed by atoms with Gasteiger partial charge in [0.2, 0.25) is 6.71 Å². The van der Waals surface area contributed by atoms with Gasteiger partial charge < -0.3 is 28.9 Å². The molecule has 87 heavy (non-hydrogen) atoms. The molecule has 0 saturated heterocycles. The van der Waals surface area contributed by atoms with Crippen LogP contribution in [0.25, 0.3) is 21.9 Å². The van der Waals surface area contributed by atoms with Crippen LogP contribution in [0.2, 0.25) is 0 Å². The average molecular weight is 1130 g/mol. The monoisotopic (exact) mass is 1130 g/mol. The normalized spacial score (nSPS) is 13.1. The number of rotatable bonds is 9. The predicted molar refractivity (Wildman–Crippen MR) is 367 cm³/mol. The second kappa shape index (κ2) is 19.9. The van der Waals surface area contributed by atoms with E-state index in [4.69, 9.17) is 4.42 Å². The van der Waals surface area contributed by atoms with Gasteiger partial charge in [0.25, 0.3) is 6.71 Å². The lowest BCUT2D eigenvalue weighted by Gasteiger charge is -2.46. The van der Waals surface area contributed by atoms with Gasteiger partial charge in [0, 0.05) is 89.1 Å². The molecule has 0 atom stereocenters. The smallest absolute Gasteiger partial charge is 0.252 e. The fourth-order valence-corrected chi connectivity index (χ4v) is 15.7. The Bertz CT molecular complexity index is 4940. The summed E-state index contributed by atoms with van der Waals surface area (Å²) in [6, 6.07) is 113. The number of hydrogen-bond acceptors (Lipinski definition) is 7. The minimum absolute atomic E-state index is 0.0911. The molecule has 0 bridgehead atoms. The van der Waals surface area contributed by atoms with E-state index in [-0.39, 0.29) is 13.4 Å². The first-order valence-electron chi connectivity index (χ1n) is 29.8. The van der Waals surface area contributed by atoms with Gasteiger partial charge >= 0.3 is 0 Å². The summed E-state index contributed by atoms with van der Waals surface area (Å²) in [6.45, 7) is -0.247. The van der Waals surface area contributed by atoms with Gasteiger partial charge in [-0.25, -0.2) is 0 Å². The Balaban J connectivity index is 0.952. The predicted octanol–water partition coefficient (Wildman–Crippen LogP) is 17.4. The molecule has 0 fully saturated rings. The van der Waals surface area contributed by atoms with Crippen LogP contribution < -0.4 is 57.3 Å². The highest BCUT2D eigenvalue weighted by molar-refractivity contribution is 8.00. The van der Waals surface area contributed by atoms with Crippen molar-refractivity contribution in [1.29, 1.82) is 0 Å². The third-order valence-corrected chi connectivity index (χ3v) is 19.1. The molecule has 13 aromatic carbocycles. The van der Waals surface area contributed by atoms with Crippen molar-refractivity contribution >= 4 is 165 Å². The Morgan fingerprint density at radius 1 is 0.276 bits per heavy atom. The molecule has 406 valence electrons. The highest BCUT2D eigenvalue weighted by Crippen LogP contribution is 2.52. The number of furan rings is 1. The van der Waals surface area contributed by atoms with Crippen molar-refractivity contribution in [3.8, 4) is 0 Å². The fourth-order valence-electron chi connectivity index (χ4n) is 14.5. The molecule has 9 heteroatoms. The molecule has 0 radical (unpaired) electrons. The first-order chi connectivity index (χ1) is 43.2. The molecule has 4 aliphatic heterocycles. The molecular weight excluding hydrogens is 1080 g/mol. The van der Waals surface area contributed by atoms with Crippen LogP contribution in [0.3, 0.4) is 0 Å². The van der Waals surface area contributed by atoms with Crippen LogP contribution in [0.5, 0.6) is 0 Å². The van der Waals surface area contributed by atoms with E-state index in [9.17, 15) is 0 Å². The molecular formula is C78H51B2N5OS. The summed E-state index contributed by atoms with van der Waals surface area (Å²) in [5.74, 6) is 0. The zero-order chi connectivity index (χ0) is 57.1. The molecule has 14 aromatic rings. The molecule has 0 saturated carbocycles. The van der Waals surface area contributed by atoms with Gasteiger partial charge in [-0.15, -0.1) is 0 Å². The highest BCUT2D eigenvalue weighted by Gasteiger charge is 2.48. The zero-order valence-electron chi connectivity index (χ0n) is 47.2. The maximum atomic E-state index is 6.82. The topological polar surface area (TPSA) is 29.3 Å². The van der Waals surface area contributed by atoms with Gasteiger partial charge in [-0.05, 0) is 161 Å². The van der Waals surface area contributed by atoms with Gasteiger partial charge in [0.1, 0.15) is 11.2 Å². The van der Waals surface area contributed by atoms with Crippen LogP contribution in [-0.2, 0) is 0 Å². The lowest BCUT2D eigenvalue weighted by atomic mass is 9.31. The van der Waals surface area contributed by atoms with Crippen LogP contribution >= 0.6 is 11.8 Å². The molecule has 4 aliphatic rings. The summed E-state index contributed by atoms with van der Waals surface area (Å²) in [7, 11) is 0. The van der Waals surface area contributed by atoms with E-state index in [2.05, 4.69) is 334 Å². The van der Waals surface area contributed by atoms with Crippen molar-refractivity contribution < 1.29 is 4.42 Å². The van der Waals surface area contributed by atoms with E-state index in [1.54, 1.807) is 0 Å². The Hall–Kier alpha value is -10.9. The maximum absolute atomic E-state index is 6.82. The SMILES string of the molecule is c1ccc(N(c2ccccc2)c2cc3c4c(c2)N(c2ccccc2)c2ccccc2B4c2cc4c(cc2S3)N(c2cccc3oc5ccccc5c23)c2cc(N(c3ccccc3)c3ccccc3)cc3c2B4c2ccccc2N3c2ccccc2)cc1. The summed E-state index contributed by atoms with van der Waals surface area (Å²) in [5, 5.41) is 2.15. The van der Waals surface area contributed by atoms with E-state index < -0.39 is 0 Å². The van der Waals surface area contributed by atoms with Gasteiger partial charge in [-0.2, -0.15) is 0 Å². The minimum atomic E-state index is -0.155. The Labute approximate surface area is 510 Å². The lowest BCUT2D eigenvalue weighted by molar-refractivity contribution is 0.669. The summed E-state index contributed by atoms with van der Waals surface area (Å²) >= 11 is 1.90. The number of nitrogens with zero attached hydrogens (tertiary/aromatic N) is 5. The van der Waals surface area contributed by atoms with Gasteiger partial charge in [0.05, 0.1) is 16.8 Å². The molecule has 0 spiro atoms. The summed E-state index contributed by atoms with van der Waals surface area (Å²) < 4.78 is 6.82. The number of para-hydroxylation sites is 9. The van der Waals surface area contributed by atoms with E-state index in [0.29, 0.717) is 0 Å². The van der Waals surface area contributed by atoms with Crippen molar-refractivity contribution in [3.63, 3.8) is 0 Å². The third-order valence-electron chi connectivity index (χ3n) is 18.0. The minimum Gasteiger partial charge on any atom is -0.456 e. The standard InChI is InChI=1S/C78H51B2N5OS/c1-7-26-52(27-8-1)81(53-28-9-2-10-29-53)58-46-69-77-70(47-58)85(67-43-25-45-73-76(67)60-38-19-24-44-72(60)86-73)68-51-74-64(50-63(68)79(77)61-39-20-22-41-65(61)83(69)56-34-15-5-16-35-56)80-62-40-21-23-42-66(62)84(57-36-17-6-18-37-57)71-48-59(49-75(87-74)78(71)80)82(54-30-11-3-12-31-54)55-32-13-4-14-33-55/h1-51H. The second-order valence-electron chi connectivity index (χ2n) is 22.7. The molecule has 1 aromatic heterocycles. The molecule has 6 nitrogen and oxygen atoms in total. The molecule has 5 heterocycles. The van der Waals surface area contributed by atoms with Crippen molar-refractivity contribution in [2.75, 3.05) is 24.5 Å². The van der Waals surface area contributed by atoms with Crippen LogP contribution in [0.15, 0.2) is 324 Å². The van der Waals surface area contributed by atoms with E-state index >= 15 is 0 Å². The summed E-state index contributed by atoms with van der Waals surface area (Å²) in [4.78, 5) is 14.9. The molecule has 18 rings (SSSR count). The average Bonchev–Trinajstić information content (AvgIpc) is 0.805. The third kappa shape index (κ3) is 7.72. The molecule has 0 N–H and O–H groups in total. The quantitative estimate of drug-likeness (QED) is 0.133. The zero-order valence-corrected chi connectivity index (χ0v) is 48.0. The van der Waals surface area contributed by atoms with Crippen molar-refractivity contribution in [1.82, 2.24) is 0 Å². The highest BCUT2D eigenvalue weighted by atomic mass is 32.2. The first-order valence-corrected chi connectivity index (χ1v) is 30.6. The van der Waals surface area contributed by atoms with E-state index in [0.717, 1.165) is 95.9 Å². The van der Waals surface area contributed by atoms with Crippen LogP contribution in [0, 0.1) is 0 Å². The van der Waals surface area contributed by atoms with Gasteiger partial charge in [-0.3, -0.25) is 0 Å². The number of anilines is 15. The van der Waals surface area contributed by atoms with Crippen LogP contribution in [0.4, 0.5) is 85.3 Å². The summed E-state index contributed by atoms with van der Waals surface area (Å²) in [5.41, 5.74) is 26.0. The molecule has 0 unspecified atom stereocenters. The number of benzene rings is 13. The van der Waals surface area contributed by atoms with Crippen LogP contribution in [-0.4, -0.2) is 13.4 Å². The molecule has 0 aliphatic carbocycles. The lowest BCUT2D eigenvalue weighted by Crippen LogP contribution is -2.64. The maximum Gasteiger partial charge on any atom is 0.252 e. The van der Waals surface area contributed by atoms with Crippen molar-refractivity contribution in [2.45, 2.75) is 9.79 Å². The summed E-state index contributed by atoms with van der Waals surface area (Å²) in [6.07, 6.45) is 0. The fraction of sp³-hybridized carbons (Fsp3) is 0. The number of fused-ring (bicyclic) bond motifs is 11. The largest absolute Gasteiger partial charge is 0.456 e. The second-order valence-corrected chi connectivity index (χ2v) is 23.8. The van der Waals surface area contributed by atoms with Crippen molar-refractivity contribution in [3.05, 3.63) is 309 Å². The first kappa shape index (κ1) is 49.6. The van der Waals surface area contributed by atoms with E-state index in [1.807, 2.05) is 11.8 Å². The molecule has 0 amide bonds. The Morgan fingerprint density at radius 3 is 1.25 bits per heavy atom. The Kier molecular flexibility index (Phi) is 11.3. The van der Waals surface area contributed by atoms with E-state index in [1.165, 1.54) is 53.9 Å². The Morgan fingerprint density at radius 2 is 0.701 bits per heavy atom. The van der Waals surface area contributed by atoms with Gasteiger partial charge in [-0.1, -0.05) is 193 Å². The van der Waals surface area contributed by atoms with Gasteiger partial charge in [0.15, 0.2) is 0 Å². The van der Waals surface area contributed by atoms with Crippen LogP contribution in [0.1, 0.15) is 0 Å².